The fraction of sp³-hybridized carbons (Fsp3) is 0.714. The van der Waals surface area contributed by atoms with E-state index < -0.39 is 43.9 Å². The SMILES string of the molecule is C[C@H](/C=C1\C(=O)N(C)[C@@H](C[C@H](CO)C(Cl)(Cl)Cl)C(=O)N1C)C(Cl)(Cl)Cl. The van der Waals surface area contributed by atoms with Crippen molar-refractivity contribution in [2.75, 3.05) is 20.7 Å². The Kier molecular flexibility index (Phi) is 8.05. The highest BCUT2D eigenvalue weighted by molar-refractivity contribution is 6.68. The molecule has 0 unspecified atom stereocenters. The lowest BCUT2D eigenvalue weighted by molar-refractivity contribution is -0.149. The normalized spacial score (nSPS) is 24.1. The van der Waals surface area contributed by atoms with E-state index in [0.717, 1.165) is 0 Å². The summed E-state index contributed by atoms with van der Waals surface area (Å²) in [5.41, 5.74) is 0.0945. The molecule has 0 aromatic rings. The largest absolute Gasteiger partial charge is 0.396 e. The van der Waals surface area contributed by atoms with Crippen LogP contribution in [-0.4, -0.2) is 61.0 Å². The average Bonchev–Trinajstić information content (AvgIpc) is 2.47. The Morgan fingerprint density at radius 1 is 1.12 bits per heavy atom. The molecule has 1 aliphatic heterocycles. The molecule has 1 saturated heterocycles. The molecule has 0 bridgehead atoms. The molecule has 0 spiro atoms. The van der Waals surface area contributed by atoms with Gasteiger partial charge in [0.05, 0.1) is 6.61 Å². The molecule has 5 nitrogen and oxygen atoms in total. The summed E-state index contributed by atoms with van der Waals surface area (Å²) in [6, 6.07) is -0.884. The molecule has 2 amide bonds. The van der Waals surface area contributed by atoms with Crippen molar-refractivity contribution < 1.29 is 14.7 Å². The van der Waals surface area contributed by atoms with Gasteiger partial charge >= 0.3 is 0 Å². The number of hydrogen-bond donors (Lipinski definition) is 1. The van der Waals surface area contributed by atoms with Crippen molar-refractivity contribution >= 4 is 81.4 Å². The maximum atomic E-state index is 12.7. The summed E-state index contributed by atoms with van der Waals surface area (Å²) in [7, 11) is 2.90. The molecule has 144 valence electrons. The van der Waals surface area contributed by atoms with Gasteiger partial charge in [0.15, 0.2) is 7.59 Å². The molecular weight excluding hydrogens is 457 g/mol. The van der Waals surface area contributed by atoms with E-state index in [9.17, 15) is 14.7 Å². The molecule has 1 aliphatic rings. The molecule has 0 aliphatic carbocycles. The standard InChI is InChI=1S/C14H18Cl6N2O3/c1-7(13(15,16)17)4-9-11(24)22(3)10(12(25)21(9)2)5-8(6-23)14(18,19)20/h4,7-8,10,23H,5-6H2,1-3H3/b9-4+/t7-,8-,10+/m1/s1. The molecule has 0 aromatic carbocycles. The summed E-state index contributed by atoms with van der Waals surface area (Å²) in [5, 5.41) is 9.42. The number of carbonyl (C=O) groups excluding carboxylic acids is 2. The Morgan fingerprint density at radius 2 is 1.64 bits per heavy atom. The topological polar surface area (TPSA) is 60.9 Å². The molecule has 3 atom stereocenters. The highest BCUT2D eigenvalue weighted by Crippen LogP contribution is 2.40. The van der Waals surface area contributed by atoms with Gasteiger partial charge < -0.3 is 14.9 Å². The lowest BCUT2D eigenvalue weighted by Crippen LogP contribution is -2.57. The van der Waals surface area contributed by atoms with Crippen molar-refractivity contribution in [3.05, 3.63) is 11.8 Å². The monoisotopic (exact) mass is 472 g/mol. The fourth-order valence-corrected chi connectivity index (χ4v) is 2.99. The third-order valence-electron chi connectivity index (χ3n) is 4.10. The molecule has 1 heterocycles. The first-order chi connectivity index (χ1) is 11.2. The van der Waals surface area contributed by atoms with Gasteiger partial charge in [0.2, 0.25) is 5.91 Å². The molecule has 0 saturated carbocycles. The Balaban J connectivity index is 3.12. The van der Waals surface area contributed by atoms with Gasteiger partial charge in [-0.05, 0) is 12.5 Å². The number of piperazine rings is 1. The number of nitrogens with zero attached hydrogens (tertiary/aromatic N) is 2. The lowest BCUT2D eigenvalue weighted by Gasteiger charge is -2.40. The van der Waals surface area contributed by atoms with E-state index in [1.807, 2.05) is 0 Å². The fourth-order valence-electron chi connectivity index (χ4n) is 2.33. The molecule has 1 N–H and O–H groups in total. The molecule has 11 heteroatoms. The van der Waals surface area contributed by atoms with E-state index in [2.05, 4.69) is 0 Å². The summed E-state index contributed by atoms with van der Waals surface area (Å²) in [6.07, 6.45) is 1.42. The van der Waals surface area contributed by atoms with Gasteiger partial charge in [-0.1, -0.05) is 76.5 Å². The second-order valence-corrected chi connectivity index (χ2v) is 10.6. The van der Waals surface area contributed by atoms with Crippen LogP contribution in [0.5, 0.6) is 0 Å². The third-order valence-corrected chi connectivity index (χ3v) is 6.06. The Morgan fingerprint density at radius 3 is 2.04 bits per heavy atom. The van der Waals surface area contributed by atoms with Crippen LogP contribution < -0.4 is 0 Å². The number of aliphatic hydroxyl groups is 1. The van der Waals surface area contributed by atoms with E-state index in [0.29, 0.717) is 0 Å². The summed E-state index contributed by atoms with van der Waals surface area (Å²) in [4.78, 5) is 27.8. The number of amides is 2. The van der Waals surface area contributed by atoms with Crippen molar-refractivity contribution in [2.24, 2.45) is 11.8 Å². The number of rotatable bonds is 4. The zero-order valence-electron chi connectivity index (χ0n) is 13.6. The van der Waals surface area contributed by atoms with Crippen LogP contribution >= 0.6 is 69.6 Å². The molecule has 1 rings (SSSR count). The van der Waals surface area contributed by atoms with Crippen molar-refractivity contribution in [2.45, 2.75) is 27.0 Å². The number of carbonyl (C=O) groups is 2. The average molecular weight is 475 g/mol. The second kappa shape index (κ2) is 8.59. The Hall–Kier alpha value is 0.380. The predicted octanol–water partition coefficient (Wildman–Crippen LogP) is 3.54. The van der Waals surface area contributed by atoms with Gasteiger partial charge in [0, 0.05) is 25.9 Å². The van der Waals surface area contributed by atoms with Crippen LogP contribution in [0.2, 0.25) is 0 Å². The van der Waals surface area contributed by atoms with Crippen LogP contribution in [0.4, 0.5) is 0 Å². The number of aliphatic hydroxyl groups excluding tert-OH is 1. The van der Waals surface area contributed by atoms with Gasteiger partial charge in [-0.15, -0.1) is 0 Å². The summed E-state index contributed by atoms with van der Waals surface area (Å²) in [5.74, 6) is -2.25. The van der Waals surface area contributed by atoms with Crippen LogP contribution in [0.1, 0.15) is 13.3 Å². The first kappa shape index (κ1) is 23.4. The highest BCUT2D eigenvalue weighted by atomic mass is 35.6. The van der Waals surface area contributed by atoms with Crippen LogP contribution in [0.15, 0.2) is 11.8 Å². The van der Waals surface area contributed by atoms with Gasteiger partial charge in [-0.2, -0.15) is 0 Å². The van der Waals surface area contributed by atoms with Gasteiger partial charge in [0.1, 0.15) is 11.7 Å². The van der Waals surface area contributed by atoms with Crippen molar-refractivity contribution in [3.8, 4) is 0 Å². The van der Waals surface area contributed by atoms with Crippen LogP contribution in [0, 0.1) is 11.8 Å². The zero-order valence-corrected chi connectivity index (χ0v) is 18.2. The molecule has 25 heavy (non-hydrogen) atoms. The van der Waals surface area contributed by atoms with E-state index in [4.69, 9.17) is 69.6 Å². The second-order valence-electron chi connectivity index (χ2n) is 5.87. The zero-order chi connectivity index (χ0) is 19.7. The minimum Gasteiger partial charge on any atom is -0.396 e. The summed E-state index contributed by atoms with van der Waals surface area (Å²) in [6.45, 7) is 1.17. The van der Waals surface area contributed by atoms with Crippen molar-refractivity contribution in [3.63, 3.8) is 0 Å². The lowest BCUT2D eigenvalue weighted by atomic mass is 9.96. The Bertz CT molecular complexity index is 558. The third kappa shape index (κ3) is 5.68. The van der Waals surface area contributed by atoms with Crippen LogP contribution in [0.25, 0.3) is 0 Å². The predicted molar refractivity (Wildman–Crippen MR) is 102 cm³/mol. The quantitative estimate of drug-likeness (QED) is 0.500. The first-order valence-electron chi connectivity index (χ1n) is 7.22. The highest BCUT2D eigenvalue weighted by Gasteiger charge is 2.44. The maximum absolute atomic E-state index is 12.7. The van der Waals surface area contributed by atoms with Gasteiger partial charge in [-0.3, -0.25) is 9.59 Å². The van der Waals surface area contributed by atoms with Gasteiger partial charge in [0.25, 0.3) is 5.91 Å². The minimum atomic E-state index is -1.77. The van der Waals surface area contributed by atoms with Crippen LogP contribution in [0.3, 0.4) is 0 Å². The van der Waals surface area contributed by atoms with Crippen LogP contribution in [-0.2, 0) is 9.59 Å². The molecule has 1 fully saturated rings. The first-order valence-corrected chi connectivity index (χ1v) is 9.49. The van der Waals surface area contributed by atoms with Crippen molar-refractivity contribution in [1.82, 2.24) is 9.80 Å². The van der Waals surface area contributed by atoms with E-state index in [1.54, 1.807) is 6.92 Å². The van der Waals surface area contributed by atoms with Crippen molar-refractivity contribution in [1.29, 1.82) is 0 Å². The van der Waals surface area contributed by atoms with Gasteiger partial charge in [-0.25, -0.2) is 0 Å². The number of allylic oxidation sites excluding steroid dienone is 1. The number of likely N-dealkylation sites (N-methyl/N-ethyl adjacent to an activating group) is 2. The smallest absolute Gasteiger partial charge is 0.270 e. The summed E-state index contributed by atoms with van der Waals surface area (Å²) < 4.78 is -3.39. The molecular formula is C14H18Cl6N2O3. The molecule has 0 aromatic heterocycles. The number of halogens is 6. The molecule has 0 radical (unpaired) electrons. The number of alkyl halides is 6. The van der Waals surface area contributed by atoms with E-state index >= 15 is 0 Å². The Labute approximate surface area is 176 Å². The maximum Gasteiger partial charge on any atom is 0.270 e. The van der Waals surface area contributed by atoms with E-state index in [1.165, 1.54) is 30.0 Å². The summed E-state index contributed by atoms with van der Waals surface area (Å²) >= 11 is 34.9. The minimum absolute atomic E-state index is 0.00823. The van der Waals surface area contributed by atoms with E-state index in [-0.39, 0.29) is 12.1 Å². The number of hydrogen-bond acceptors (Lipinski definition) is 3.